The zero-order valence-electron chi connectivity index (χ0n) is 15.4. The second-order valence-electron chi connectivity index (χ2n) is 6.82. The highest BCUT2D eigenvalue weighted by atomic mass is 32.1. The normalized spacial score (nSPS) is 15.5. The fraction of sp³-hybridized carbons (Fsp3) is 0.238. The van der Waals surface area contributed by atoms with Crippen molar-refractivity contribution in [2.24, 2.45) is 5.92 Å². The third-order valence-corrected chi connectivity index (χ3v) is 5.86. The first kappa shape index (κ1) is 18.3. The number of hydrogen-bond acceptors (Lipinski definition) is 5. The van der Waals surface area contributed by atoms with E-state index >= 15 is 0 Å². The summed E-state index contributed by atoms with van der Waals surface area (Å²) in [4.78, 5) is 34.0. The second kappa shape index (κ2) is 7.90. The Kier molecular flexibility index (Phi) is 5.16. The Labute approximate surface area is 167 Å². The molecule has 0 spiro atoms. The van der Waals surface area contributed by atoms with Gasteiger partial charge in [-0.1, -0.05) is 6.07 Å². The van der Waals surface area contributed by atoms with Crippen molar-refractivity contribution in [1.82, 2.24) is 9.97 Å². The number of aromatic nitrogens is 2. The van der Waals surface area contributed by atoms with E-state index in [1.165, 1.54) is 11.8 Å². The third kappa shape index (κ3) is 4.09. The Morgan fingerprint density at radius 1 is 1.11 bits per heavy atom. The summed E-state index contributed by atoms with van der Waals surface area (Å²) in [6.45, 7) is 1.46. The van der Waals surface area contributed by atoms with Crippen LogP contribution in [0, 0.1) is 5.92 Å². The maximum Gasteiger partial charge on any atom is 0.227 e. The number of benzene rings is 1. The van der Waals surface area contributed by atoms with Crippen molar-refractivity contribution in [3.8, 4) is 10.6 Å². The van der Waals surface area contributed by atoms with Crippen molar-refractivity contribution in [2.45, 2.75) is 26.2 Å². The summed E-state index contributed by atoms with van der Waals surface area (Å²) < 4.78 is 0. The fourth-order valence-electron chi connectivity index (χ4n) is 3.34. The number of nitrogens with one attached hydrogen (secondary N) is 2. The van der Waals surface area contributed by atoms with Gasteiger partial charge >= 0.3 is 0 Å². The first-order chi connectivity index (χ1) is 13.6. The summed E-state index contributed by atoms with van der Waals surface area (Å²) in [6, 6.07) is 11.1. The highest BCUT2D eigenvalue weighted by molar-refractivity contribution is 7.15. The smallest absolute Gasteiger partial charge is 0.227 e. The van der Waals surface area contributed by atoms with Gasteiger partial charge in [0.05, 0.1) is 5.69 Å². The van der Waals surface area contributed by atoms with Crippen LogP contribution in [0.25, 0.3) is 10.6 Å². The molecule has 6 nitrogen and oxygen atoms in total. The molecule has 0 radical (unpaired) electrons. The lowest BCUT2D eigenvalue weighted by Gasteiger charge is -2.20. The zero-order valence-corrected chi connectivity index (χ0v) is 16.3. The van der Waals surface area contributed by atoms with Crippen LogP contribution in [0.1, 0.15) is 23.9 Å². The number of thiazole rings is 1. The largest absolute Gasteiger partial charge is 0.326 e. The monoisotopic (exact) mass is 392 g/mol. The number of nitrogens with zero attached hydrogens (tertiary/aromatic N) is 2. The van der Waals surface area contributed by atoms with Crippen molar-refractivity contribution in [3.63, 3.8) is 0 Å². The molecule has 1 aliphatic rings. The topological polar surface area (TPSA) is 84.0 Å². The number of aryl methyl sites for hydroxylation is 1. The molecule has 1 atom stereocenters. The predicted octanol–water partition coefficient (Wildman–Crippen LogP) is 3.91. The Morgan fingerprint density at radius 2 is 1.86 bits per heavy atom. The second-order valence-corrected chi connectivity index (χ2v) is 7.90. The number of anilines is 2. The van der Waals surface area contributed by atoms with Crippen LogP contribution in [0.4, 0.5) is 11.4 Å². The van der Waals surface area contributed by atoms with Crippen LogP contribution in [-0.2, 0) is 22.4 Å². The molecule has 1 aromatic carbocycles. The first-order valence-corrected chi connectivity index (χ1v) is 9.97. The van der Waals surface area contributed by atoms with Crippen LogP contribution < -0.4 is 10.6 Å². The van der Waals surface area contributed by atoms with Crippen molar-refractivity contribution in [2.75, 3.05) is 10.6 Å². The Balaban J connectivity index is 1.45. The highest BCUT2D eigenvalue weighted by Crippen LogP contribution is 2.35. The number of amides is 2. The molecule has 2 aromatic heterocycles. The van der Waals surface area contributed by atoms with E-state index in [-0.39, 0.29) is 17.7 Å². The van der Waals surface area contributed by atoms with Crippen molar-refractivity contribution in [3.05, 3.63) is 59.4 Å². The average molecular weight is 392 g/mol. The molecule has 1 aliphatic carbocycles. The molecule has 4 rings (SSSR count). The Morgan fingerprint density at radius 3 is 2.61 bits per heavy atom. The molecule has 2 N–H and O–H groups in total. The van der Waals surface area contributed by atoms with Gasteiger partial charge in [-0.25, -0.2) is 4.98 Å². The molecule has 0 fully saturated rings. The van der Waals surface area contributed by atoms with E-state index in [1.54, 1.807) is 35.9 Å². The number of hydrogen-bond donors (Lipinski definition) is 2. The first-order valence-electron chi connectivity index (χ1n) is 9.16. The van der Waals surface area contributed by atoms with Gasteiger partial charge < -0.3 is 10.6 Å². The van der Waals surface area contributed by atoms with Gasteiger partial charge in [0.25, 0.3) is 0 Å². The van der Waals surface area contributed by atoms with E-state index in [2.05, 4.69) is 15.6 Å². The van der Waals surface area contributed by atoms with Crippen molar-refractivity contribution >= 4 is 34.5 Å². The quantitative estimate of drug-likeness (QED) is 0.705. The molecule has 1 unspecified atom stereocenters. The number of carbonyl (C=O) groups excluding carboxylic acids is 2. The maximum atomic E-state index is 12.8. The number of carbonyl (C=O) groups is 2. The Bertz CT molecular complexity index is 1020. The average Bonchev–Trinajstić information content (AvgIpc) is 3.12. The summed E-state index contributed by atoms with van der Waals surface area (Å²) in [7, 11) is 0. The lowest BCUT2D eigenvalue weighted by atomic mass is 9.90. The molecular weight excluding hydrogens is 372 g/mol. The molecule has 0 aliphatic heterocycles. The summed E-state index contributed by atoms with van der Waals surface area (Å²) in [6.07, 6.45) is 5.82. The van der Waals surface area contributed by atoms with E-state index in [0.29, 0.717) is 17.8 Å². The number of rotatable bonds is 4. The summed E-state index contributed by atoms with van der Waals surface area (Å²) in [5, 5.41) is 6.69. The molecule has 142 valence electrons. The van der Waals surface area contributed by atoms with Gasteiger partial charge in [0.2, 0.25) is 11.8 Å². The summed E-state index contributed by atoms with van der Waals surface area (Å²) in [5.74, 6) is -0.217. The molecule has 0 bridgehead atoms. The predicted molar refractivity (Wildman–Crippen MR) is 110 cm³/mol. The van der Waals surface area contributed by atoms with Crippen LogP contribution in [0.3, 0.4) is 0 Å². The standard InChI is InChI=1S/C21H20N4O2S/c1-13(26)23-16-3-2-4-17(12-16)24-20(27)15-5-6-18-19(11-15)28-21(25-18)14-7-9-22-10-8-14/h2-4,7-10,12,15H,5-6,11H2,1H3,(H,23,26)(H,24,27). The van der Waals surface area contributed by atoms with Crippen molar-refractivity contribution < 1.29 is 9.59 Å². The van der Waals surface area contributed by atoms with Gasteiger partial charge in [0, 0.05) is 47.1 Å². The van der Waals surface area contributed by atoms with Gasteiger partial charge in [0.15, 0.2) is 0 Å². The molecule has 0 saturated carbocycles. The van der Waals surface area contributed by atoms with Gasteiger partial charge in [0.1, 0.15) is 5.01 Å². The molecular formula is C21H20N4O2S. The highest BCUT2D eigenvalue weighted by Gasteiger charge is 2.27. The molecule has 0 saturated heterocycles. The van der Waals surface area contributed by atoms with E-state index in [1.807, 2.05) is 24.3 Å². The van der Waals surface area contributed by atoms with E-state index in [9.17, 15) is 9.59 Å². The summed E-state index contributed by atoms with van der Waals surface area (Å²) >= 11 is 1.66. The van der Waals surface area contributed by atoms with Crippen LogP contribution in [0.2, 0.25) is 0 Å². The SMILES string of the molecule is CC(=O)Nc1cccc(NC(=O)C2CCc3nc(-c4ccncc4)sc3C2)c1. The Hall–Kier alpha value is -3.06. The van der Waals surface area contributed by atoms with Crippen LogP contribution in [0.15, 0.2) is 48.8 Å². The van der Waals surface area contributed by atoms with Gasteiger partial charge in [-0.2, -0.15) is 0 Å². The third-order valence-electron chi connectivity index (χ3n) is 4.69. The van der Waals surface area contributed by atoms with Gasteiger partial charge in [-0.3, -0.25) is 14.6 Å². The lowest BCUT2D eigenvalue weighted by molar-refractivity contribution is -0.120. The van der Waals surface area contributed by atoms with E-state index in [4.69, 9.17) is 4.98 Å². The molecule has 2 amide bonds. The number of pyridine rings is 1. The zero-order chi connectivity index (χ0) is 19.5. The minimum atomic E-state index is -0.140. The molecule has 2 heterocycles. The van der Waals surface area contributed by atoms with E-state index in [0.717, 1.165) is 29.1 Å². The molecule has 28 heavy (non-hydrogen) atoms. The molecule has 3 aromatic rings. The van der Waals surface area contributed by atoms with Gasteiger partial charge in [-0.15, -0.1) is 11.3 Å². The number of fused-ring (bicyclic) bond motifs is 1. The van der Waals surface area contributed by atoms with Crippen LogP contribution >= 0.6 is 11.3 Å². The molecule has 7 heteroatoms. The summed E-state index contributed by atoms with van der Waals surface area (Å²) in [5.41, 5.74) is 3.52. The lowest BCUT2D eigenvalue weighted by Crippen LogP contribution is -2.27. The fourth-order valence-corrected chi connectivity index (χ4v) is 4.53. The van der Waals surface area contributed by atoms with Crippen LogP contribution in [-0.4, -0.2) is 21.8 Å². The minimum absolute atomic E-state index is 0.00415. The van der Waals surface area contributed by atoms with Gasteiger partial charge in [-0.05, 0) is 49.6 Å². The van der Waals surface area contributed by atoms with Crippen LogP contribution in [0.5, 0.6) is 0 Å². The van der Waals surface area contributed by atoms with Crippen molar-refractivity contribution in [1.29, 1.82) is 0 Å². The minimum Gasteiger partial charge on any atom is -0.326 e. The van der Waals surface area contributed by atoms with E-state index < -0.39 is 0 Å². The maximum absolute atomic E-state index is 12.8.